The number of nitrogens with one attached hydrogen (secondary N) is 1. The first-order valence-electron chi connectivity index (χ1n) is 6.56. The van der Waals surface area contributed by atoms with Crippen molar-refractivity contribution in [2.45, 2.75) is 19.9 Å². The Labute approximate surface area is 127 Å². The van der Waals surface area contributed by atoms with Crippen LogP contribution in [0, 0.1) is 6.92 Å². The second-order valence-electron chi connectivity index (χ2n) is 4.94. The third-order valence-corrected chi connectivity index (χ3v) is 4.31. The van der Waals surface area contributed by atoms with Gasteiger partial charge in [-0.2, -0.15) is 0 Å². The van der Waals surface area contributed by atoms with E-state index in [1.165, 1.54) is 11.1 Å². The number of benzene rings is 2. The molecule has 4 heteroatoms. The SMILES string of the molecule is Cc1ccc(NC(C)c2ccc3c(c2)OCO3)cc1Br. The molecule has 1 unspecified atom stereocenters. The number of rotatable bonds is 3. The summed E-state index contributed by atoms with van der Waals surface area (Å²) in [6.45, 7) is 4.52. The number of hydrogen-bond donors (Lipinski definition) is 1. The fourth-order valence-electron chi connectivity index (χ4n) is 2.20. The second kappa shape index (κ2) is 5.37. The Bertz CT molecular complexity index is 642. The molecule has 1 heterocycles. The van der Waals surface area contributed by atoms with Crippen LogP contribution in [0.3, 0.4) is 0 Å². The van der Waals surface area contributed by atoms with Gasteiger partial charge in [0.05, 0.1) is 0 Å². The Balaban J connectivity index is 1.78. The molecule has 0 bridgehead atoms. The van der Waals surface area contributed by atoms with Gasteiger partial charge in [0.2, 0.25) is 6.79 Å². The van der Waals surface area contributed by atoms with E-state index in [9.17, 15) is 0 Å². The van der Waals surface area contributed by atoms with Crippen LogP contribution < -0.4 is 14.8 Å². The molecule has 0 saturated carbocycles. The highest BCUT2D eigenvalue weighted by atomic mass is 79.9. The summed E-state index contributed by atoms with van der Waals surface area (Å²) in [7, 11) is 0. The molecule has 20 heavy (non-hydrogen) atoms. The maximum atomic E-state index is 5.42. The van der Waals surface area contributed by atoms with Crippen molar-refractivity contribution in [1.29, 1.82) is 0 Å². The molecule has 104 valence electrons. The lowest BCUT2D eigenvalue weighted by molar-refractivity contribution is 0.174. The maximum Gasteiger partial charge on any atom is 0.231 e. The molecule has 0 saturated heterocycles. The van der Waals surface area contributed by atoms with Gasteiger partial charge in [0, 0.05) is 16.2 Å². The number of anilines is 1. The van der Waals surface area contributed by atoms with Crippen molar-refractivity contribution in [2.24, 2.45) is 0 Å². The van der Waals surface area contributed by atoms with Crippen molar-refractivity contribution in [3.8, 4) is 11.5 Å². The van der Waals surface area contributed by atoms with Gasteiger partial charge in [-0.05, 0) is 49.2 Å². The number of hydrogen-bond acceptors (Lipinski definition) is 3. The zero-order chi connectivity index (χ0) is 14.1. The van der Waals surface area contributed by atoms with Crippen molar-refractivity contribution in [3.05, 3.63) is 52.0 Å². The average Bonchev–Trinajstić information content (AvgIpc) is 2.90. The van der Waals surface area contributed by atoms with Crippen molar-refractivity contribution < 1.29 is 9.47 Å². The van der Waals surface area contributed by atoms with Crippen molar-refractivity contribution in [3.63, 3.8) is 0 Å². The van der Waals surface area contributed by atoms with E-state index < -0.39 is 0 Å². The molecule has 2 aromatic rings. The van der Waals surface area contributed by atoms with Crippen LogP contribution in [0.4, 0.5) is 5.69 Å². The summed E-state index contributed by atoms with van der Waals surface area (Å²) in [6, 6.07) is 12.5. The predicted octanol–water partition coefficient (Wildman–Crippen LogP) is 4.66. The van der Waals surface area contributed by atoms with E-state index in [1.54, 1.807) is 0 Å². The lowest BCUT2D eigenvalue weighted by Crippen LogP contribution is -2.06. The molecule has 2 aromatic carbocycles. The van der Waals surface area contributed by atoms with E-state index in [-0.39, 0.29) is 6.04 Å². The molecule has 1 aliphatic rings. The van der Waals surface area contributed by atoms with Crippen molar-refractivity contribution >= 4 is 21.6 Å². The zero-order valence-electron chi connectivity index (χ0n) is 11.4. The molecule has 0 fully saturated rings. The Hall–Kier alpha value is -1.68. The number of aryl methyl sites for hydroxylation is 1. The third-order valence-electron chi connectivity index (χ3n) is 3.45. The van der Waals surface area contributed by atoms with E-state index in [2.05, 4.69) is 59.4 Å². The largest absolute Gasteiger partial charge is 0.454 e. The first-order valence-corrected chi connectivity index (χ1v) is 7.35. The molecule has 0 spiro atoms. The van der Waals surface area contributed by atoms with Crippen LogP contribution in [0.15, 0.2) is 40.9 Å². The lowest BCUT2D eigenvalue weighted by Gasteiger charge is -2.16. The lowest BCUT2D eigenvalue weighted by atomic mass is 10.1. The molecular formula is C16H16BrNO2. The zero-order valence-corrected chi connectivity index (χ0v) is 13.0. The first-order chi connectivity index (χ1) is 9.63. The molecular weight excluding hydrogens is 318 g/mol. The predicted molar refractivity (Wildman–Crippen MR) is 83.5 cm³/mol. The highest BCUT2D eigenvalue weighted by Gasteiger charge is 2.15. The summed E-state index contributed by atoms with van der Waals surface area (Å²) in [5, 5.41) is 3.49. The van der Waals surface area contributed by atoms with Crippen LogP contribution in [-0.2, 0) is 0 Å². The fourth-order valence-corrected chi connectivity index (χ4v) is 2.58. The molecule has 1 aliphatic heterocycles. The maximum absolute atomic E-state index is 5.42. The van der Waals surface area contributed by atoms with Crippen molar-refractivity contribution in [2.75, 3.05) is 12.1 Å². The molecule has 0 aromatic heterocycles. The third kappa shape index (κ3) is 2.61. The molecule has 3 nitrogen and oxygen atoms in total. The standard InChI is InChI=1S/C16H16BrNO2/c1-10-3-5-13(8-14(10)17)18-11(2)12-4-6-15-16(7-12)20-9-19-15/h3-8,11,18H,9H2,1-2H3. The second-order valence-corrected chi connectivity index (χ2v) is 5.80. The molecule has 3 rings (SSSR count). The highest BCUT2D eigenvalue weighted by Crippen LogP contribution is 2.35. The minimum Gasteiger partial charge on any atom is -0.454 e. The summed E-state index contributed by atoms with van der Waals surface area (Å²) in [5.41, 5.74) is 3.49. The number of fused-ring (bicyclic) bond motifs is 1. The number of halogens is 1. The Morgan fingerprint density at radius 3 is 2.70 bits per heavy atom. The first kappa shape index (κ1) is 13.3. The van der Waals surface area contributed by atoms with Crippen molar-refractivity contribution in [1.82, 2.24) is 0 Å². The smallest absolute Gasteiger partial charge is 0.231 e. The Kier molecular flexibility index (Phi) is 3.57. The van der Waals surface area contributed by atoms with Gasteiger partial charge < -0.3 is 14.8 Å². The highest BCUT2D eigenvalue weighted by molar-refractivity contribution is 9.10. The Morgan fingerprint density at radius 2 is 1.90 bits per heavy atom. The number of ether oxygens (including phenoxy) is 2. The molecule has 0 amide bonds. The summed E-state index contributed by atoms with van der Waals surface area (Å²) >= 11 is 3.56. The van der Waals surface area contributed by atoms with Gasteiger partial charge in [0.1, 0.15) is 0 Å². The van der Waals surface area contributed by atoms with Gasteiger partial charge in [-0.25, -0.2) is 0 Å². The quantitative estimate of drug-likeness (QED) is 0.886. The minimum absolute atomic E-state index is 0.194. The molecule has 1 N–H and O–H groups in total. The van der Waals surface area contributed by atoms with E-state index in [1.807, 2.05) is 12.1 Å². The summed E-state index contributed by atoms with van der Waals surface area (Å²) < 4.78 is 11.9. The van der Waals surface area contributed by atoms with Gasteiger partial charge in [0.25, 0.3) is 0 Å². The van der Waals surface area contributed by atoms with Gasteiger partial charge in [0.15, 0.2) is 11.5 Å². The van der Waals surface area contributed by atoms with Gasteiger partial charge in [-0.3, -0.25) is 0 Å². The molecule has 0 radical (unpaired) electrons. The van der Waals surface area contributed by atoms with Crippen LogP contribution in [-0.4, -0.2) is 6.79 Å². The van der Waals surface area contributed by atoms with E-state index >= 15 is 0 Å². The van der Waals surface area contributed by atoms with Crippen LogP contribution >= 0.6 is 15.9 Å². The van der Waals surface area contributed by atoms with E-state index in [4.69, 9.17) is 9.47 Å². The van der Waals surface area contributed by atoms with Crippen LogP contribution in [0.1, 0.15) is 24.1 Å². The monoisotopic (exact) mass is 333 g/mol. The van der Waals surface area contributed by atoms with Gasteiger partial charge in [-0.15, -0.1) is 0 Å². The molecule has 0 aliphatic carbocycles. The average molecular weight is 334 g/mol. The summed E-state index contributed by atoms with van der Waals surface area (Å²) in [4.78, 5) is 0. The fraction of sp³-hybridized carbons (Fsp3) is 0.250. The molecule has 1 atom stereocenters. The normalized spacial score (nSPS) is 14.2. The van der Waals surface area contributed by atoms with Crippen LogP contribution in [0.2, 0.25) is 0 Å². The topological polar surface area (TPSA) is 30.5 Å². The minimum atomic E-state index is 0.194. The van der Waals surface area contributed by atoms with E-state index in [0.717, 1.165) is 21.7 Å². The summed E-state index contributed by atoms with van der Waals surface area (Å²) in [5.74, 6) is 1.64. The summed E-state index contributed by atoms with van der Waals surface area (Å²) in [6.07, 6.45) is 0. The van der Waals surface area contributed by atoms with E-state index in [0.29, 0.717) is 6.79 Å². The van der Waals surface area contributed by atoms with Gasteiger partial charge >= 0.3 is 0 Å². The van der Waals surface area contributed by atoms with Crippen LogP contribution in [0.5, 0.6) is 11.5 Å². The van der Waals surface area contributed by atoms with Gasteiger partial charge in [-0.1, -0.05) is 28.1 Å². The van der Waals surface area contributed by atoms with Crippen LogP contribution in [0.25, 0.3) is 0 Å². The Morgan fingerprint density at radius 1 is 1.10 bits per heavy atom.